The summed E-state index contributed by atoms with van der Waals surface area (Å²) in [6.45, 7) is -0.0595. The summed E-state index contributed by atoms with van der Waals surface area (Å²) >= 11 is 0. The van der Waals surface area contributed by atoms with Crippen molar-refractivity contribution in [3.8, 4) is 0 Å². The third-order valence-electron chi connectivity index (χ3n) is 3.27. The Balaban J connectivity index is 1.92. The van der Waals surface area contributed by atoms with E-state index in [1.165, 1.54) is 43.5 Å². The van der Waals surface area contributed by atoms with Crippen LogP contribution >= 0.6 is 0 Å². The number of anilines is 1. The van der Waals surface area contributed by atoms with Crippen molar-refractivity contribution in [2.75, 3.05) is 12.4 Å². The van der Waals surface area contributed by atoms with Crippen molar-refractivity contribution in [3.63, 3.8) is 0 Å². The van der Waals surface area contributed by atoms with Crippen LogP contribution in [0.3, 0.4) is 0 Å². The van der Waals surface area contributed by atoms with Gasteiger partial charge in [-0.15, -0.1) is 0 Å². The predicted molar refractivity (Wildman–Crippen MR) is 85.1 cm³/mol. The van der Waals surface area contributed by atoms with Gasteiger partial charge in [0, 0.05) is 12.2 Å². The van der Waals surface area contributed by atoms with Crippen LogP contribution in [0.15, 0.2) is 48.5 Å². The highest BCUT2D eigenvalue weighted by atomic mass is 19.4. The number of halogens is 3. The molecule has 0 atom stereocenters. The number of hydrogen-bond acceptors (Lipinski definition) is 3. The molecule has 2 aromatic rings. The summed E-state index contributed by atoms with van der Waals surface area (Å²) in [5, 5.41) is 4.98. The number of nitrogens with one attached hydrogen (secondary N) is 2. The summed E-state index contributed by atoms with van der Waals surface area (Å²) in [5.41, 5.74) is 0.309. The quantitative estimate of drug-likeness (QED) is 0.822. The number of benzene rings is 2. The van der Waals surface area contributed by atoms with Gasteiger partial charge in [-0.2, -0.15) is 13.2 Å². The molecule has 8 heteroatoms. The molecule has 0 saturated heterocycles. The van der Waals surface area contributed by atoms with Crippen LogP contribution in [0.25, 0.3) is 0 Å². The minimum Gasteiger partial charge on any atom is -0.465 e. The molecule has 2 aromatic carbocycles. The fourth-order valence-corrected chi connectivity index (χ4v) is 2.02. The highest BCUT2D eigenvalue weighted by Crippen LogP contribution is 2.29. The zero-order valence-electron chi connectivity index (χ0n) is 13.2. The molecule has 0 aliphatic heterocycles. The van der Waals surface area contributed by atoms with Crippen molar-refractivity contribution in [1.29, 1.82) is 0 Å². The molecule has 0 unspecified atom stereocenters. The van der Waals surface area contributed by atoms with Gasteiger partial charge in [0.25, 0.3) is 0 Å². The van der Waals surface area contributed by atoms with Crippen molar-refractivity contribution >= 4 is 17.7 Å². The molecule has 0 fully saturated rings. The molecule has 25 heavy (non-hydrogen) atoms. The molecule has 132 valence electrons. The van der Waals surface area contributed by atoms with Crippen LogP contribution in [-0.4, -0.2) is 19.1 Å². The van der Waals surface area contributed by atoms with E-state index in [1.807, 2.05) is 0 Å². The Morgan fingerprint density at radius 2 is 1.76 bits per heavy atom. The van der Waals surface area contributed by atoms with Gasteiger partial charge in [0.2, 0.25) is 0 Å². The molecule has 0 heterocycles. The fourth-order valence-electron chi connectivity index (χ4n) is 2.02. The lowest BCUT2D eigenvalue weighted by Crippen LogP contribution is -2.28. The molecule has 0 aliphatic carbocycles. The first-order valence-electron chi connectivity index (χ1n) is 7.19. The summed E-state index contributed by atoms with van der Waals surface area (Å²) in [4.78, 5) is 23.1. The van der Waals surface area contributed by atoms with Crippen LogP contribution in [0, 0.1) is 0 Å². The molecule has 2 rings (SSSR count). The Kier molecular flexibility index (Phi) is 5.63. The zero-order valence-corrected chi connectivity index (χ0v) is 13.2. The average molecular weight is 352 g/mol. The Morgan fingerprint density at radius 3 is 2.36 bits per heavy atom. The highest BCUT2D eigenvalue weighted by molar-refractivity contribution is 5.92. The van der Waals surface area contributed by atoms with Gasteiger partial charge in [-0.3, -0.25) is 0 Å². The van der Waals surface area contributed by atoms with Crippen LogP contribution in [0.2, 0.25) is 0 Å². The number of methoxy groups -OCH3 is 1. The first-order valence-corrected chi connectivity index (χ1v) is 7.19. The molecule has 0 spiro atoms. The first-order chi connectivity index (χ1) is 11.8. The van der Waals surface area contributed by atoms with Gasteiger partial charge >= 0.3 is 18.2 Å². The standard InChI is InChI=1S/C17H15F3N2O3/c1-25-15(23)12-5-7-14(8-6-12)22-16(24)21-10-11-3-2-4-13(9-11)17(18,19)20/h2-9H,10H2,1H3,(H2,21,22,24). The van der Waals surface area contributed by atoms with E-state index in [4.69, 9.17) is 0 Å². The van der Waals surface area contributed by atoms with Gasteiger partial charge in [0.05, 0.1) is 18.2 Å². The Morgan fingerprint density at radius 1 is 1.08 bits per heavy atom. The van der Waals surface area contributed by atoms with Gasteiger partial charge in [0.1, 0.15) is 0 Å². The third kappa shape index (κ3) is 5.23. The number of esters is 1. The van der Waals surface area contributed by atoms with E-state index < -0.39 is 23.7 Å². The summed E-state index contributed by atoms with van der Waals surface area (Å²) in [6, 6.07) is 10.1. The van der Waals surface area contributed by atoms with Crippen LogP contribution in [0.4, 0.5) is 23.7 Å². The van der Waals surface area contributed by atoms with E-state index in [9.17, 15) is 22.8 Å². The minimum atomic E-state index is -4.43. The van der Waals surface area contributed by atoms with Gasteiger partial charge in [-0.25, -0.2) is 9.59 Å². The van der Waals surface area contributed by atoms with Crippen LogP contribution in [0.5, 0.6) is 0 Å². The minimum absolute atomic E-state index is 0.0595. The van der Waals surface area contributed by atoms with E-state index in [2.05, 4.69) is 15.4 Å². The molecular weight excluding hydrogens is 337 g/mol. The lowest BCUT2D eigenvalue weighted by atomic mass is 10.1. The van der Waals surface area contributed by atoms with Gasteiger partial charge < -0.3 is 15.4 Å². The third-order valence-corrected chi connectivity index (χ3v) is 3.27. The summed E-state index contributed by atoms with van der Waals surface area (Å²) in [5.74, 6) is -0.499. The van der Waals surface area contributed by atoms with Crippen molar-refractivity contribution in [3.05, 3.63) is 65.2 Å². The van der Waals surface area contributed by atoms with Gasteiger partial charge in [-0.1, -0.05) is 12.1 Å². The molecule has 2 N–H and O–H groups in total. The molecular formula is C17H15F3N2O3. The number of alkyl halides is 3. The Bertz CT molecular complexity index is 758. The SMILES string of the molecule is COC(=O)c1ccc(NC(=O)NCc2cccc(C(F)(F)F)c2)cc1. The Hall–Kier alpha value is -3.03. The lowest BCUT2D eigenvalue weighted by molar-refractivity contribution is -0.137. The molecule has 2 amide bonds. The van der Waals surface area contributed by atoms with E-state index in [0.717, 1.165) is 12.1 Å². The summed E-state index contributed by atoms with van der Waals surface area (Å²) in [7, 11) is 1.26. The highest BCUT2D eigenvalue weighted by Gasteiger charge is 2.30. The van der Waals surface area contributed by atoms with Crippen LogP contribution < -0.4 is 10.6 Å². The van der Waals surface area contributed by atoms with Crippen molar-refractivity contribution in [1.82, 2.24) is 5.32 Å². The topological polar surface area (TPSA) is 67.4 Å². The van der Waals surface area contributed by atoms with Crippen molar-refractivity contribution in [2.45, 2.75) is 12.7 Å². The molecule has 5 nitrogen and oxygen atoms in total. The lowest BCUT2D eigenvalue weighted by Gasteiger charge is -2.10. The second-order valence-corrected chi connectivity index (χ2v) is 5.07. The number of amides is 2. The number of carbonyl (C=O) groups excluding carboxylic acids is 2. The van der Waals surface area contributed by atoms with E-state index in [0.29, 0.717) is 16.8 Å². The molecule has 0 aliphatic rings. The molecule has 0 aromatic heterocycles. The number of ether oxygens (including phenoxy) is 1. The average Bonchev–Trinajstić information content (AvgIpc) is 2.59. The van der Waals surface area contributed by atoms with Crippen molar-refractivity contribution in [2.24, 2.45) is 0 Å². The number of hydrogen-bond donors (Lipinski definition) is 2. The number of rotatable bonds is 4. The smallest absolute Gasteiger partial charge is 0.416 e. The predicted octanol–water partition coefficient (Wildman–Crippen LogP) is 3.81. The summed E-state index contributed by atoms with van der Waals surface area (Å²) < 4.78 is 42.5. The normalized spacial score (nSPS) is 10.9. The maximum absolute atomic E-state index is 12.6. The number of carbonyl (C=O) groups is 2. The summed E-state index contributed by atoms with van der Waals surface area (Å²) in [6.07, 6.45) is -4.43. The van der Waals surface area contributed by atoms with Gasteiger partial charge in [0.15, 0.2) is 0 Å². The zero-order chi connectivity index (χ0) is 18.4. The van der Waals surface area contributed by atoms with Crippen LogP contribution in [-0.2, 0) is 17.5 Å². The van der Waals surface area contributed by atoms with E-state index in [1.54, 1.807) is 0 Å². The number of urea groups is 1. The van der Waals surface area contributed by atoms with E-state index >= 15 is 0 Å². The second kappa shape index (κ2) is 7.69. The largest absolute Gasteiger partial charge is 0.465 e. The maximum atomic E-state index is 12.6. The molecule has 0 bridgehead atoms. The maximum Gasteiger partial charge on any atom is 0.416 e. The molecule has 0 radical (unpaired) electrons. The fraction of sp³-hybridized carbons (Fsp3) is 0.176. The Labute approximate surface area is 141 Å². The van der Waals surface area contributed by atoms with Crippen molar-refractivity contribution < 1.29 is 27.5 Å². The van der Waals surface area contributed by atoms with E-state index in [-0.39, 0.29) is 6.54 Å². The van der Waals surface area contributed by atoms with Gasteiger partial charge in [-0.05, 0) is 42.0 Å². The first kappa shape index (κ1) is 18.3. The molecule has 0 saturated carbocycles. The second-order valence-electron chi connectivity index (χ2n) is 5.07. The monoisotopic (exact) mass is 352 g/mol. The van der Waals surface area contributed by atoms with Crippen LogP contribution in [0.1, 0.15) is 21.5 Å².